The molecule has 0 spiro atoms. The summed E-state index contributed by atoms with van der Waals surface area (Å²) in [7, 11) is 1.90. The number of nitrogen functional groups attached to an aromatic ring is 1. The van der Waals surface area contributed by atoms with Crippen LogP contribution in [0, 0.1) is 5.41 Å². The van der Waals surface area contributed by atoms with E-state index in [4.69, 9.17) is 22.7 Å². The van der Waals surface area contributed by atoms with Crippen molar-refractivity contribution in [3.05, 3.63) is 52.9 Å². The Morgan fingerprint density at radius 1 is 1.47 bits per heavy atom. The van der Waals surface area contributed by atoms with Crippen molar-refractivity contribution in [3.8, 4) is 0 Å². The predicted octanol–water partition coefficient (Wildman–Crippen LogP) is 2.05. The largest absolute Gasteiger partial charge is 0.384 e. The monoisotopic (exact) mass is 275 g/mol. The maximum absolute atomic E-state index is 7.44. The highest BCUT2D eigenvalue weighted by Gasteiger charge is 2.08. The van der Waals surface area contributed by atoms with E-state index in [0.717, 1.165) is 5.56 Å². The summed E-state index contributed by atoms with van der Waals surface area (Å²) in [6.45, 7) is 0.623. The van der Waals surface area contributed by atoms with Crippen molar-refractivity contribution >= 4 is 23.3 Å². The van der Waals surface area contributed by atoms with Crippen LogP contribution in [0.4, 0.5) is 5.82 Å². The fraction of sp³-hybridized carbons (Fsp3) is 0.154. The molecule has 0 aliphatic carbocycles. The third-order valence-electron chi connectivity index (χ3n) is 2.67. The highest BCUT2D eigenvalue weighted by molar-refractivity contribution is 6.32. The van der Waals surface area contributed by atoms with Gasteiger partial charge in [-0.25, -0.2) is 9.97 Å². The Balaban J connectivity index is 2.19. The first kappa shape index (κ1) is 13.3. The van der Waals surface area contributed by atoms with Gasteiger partial charge in [-0.3, -0.25) is 5.41 Å². The van der Waals surface area contributed by atoms with Gasteiger partial charge in [-0.05, 0) is 11.6 Å². The number of nitrogens with one attached hydrogen (secondary N) is 1. The quantitative estimate of drug-likeness (QED) is 0.661. The van der Waals surface area contributed by atoms with Gasteiger partial charge in [0.1, 0.15) is 17.2 Å². The van der Waals surface area contributed by atoms with Crippen molar-refractivity contribution in [2.45, 2.75) is 6.54 Å². The maximum atomic E-state index is 7.44. The van der Waals surface area contributed by atoms with Gasteiger partial charge in [0.25, 0.3) is 0 Å². The van der Waals surface area contributed by atoms with Gasteiger partial charge in [-0.15, -0.1) is 0 Å². The number of hydrogen-bond donors (Lipinski definition) is 2. The summed E-state index contributed by atoms with van der Waals surface area (Å²) in [4.78, 5) is 9.93. The van der Waals surface area contributed by atoms with E-state index in [2.05, 4.69) is 9.97 Å². The molecule has 0 saturated heterocycles. The van der Waals surface area contributed by atoms with Gasteiger partial charge in [0, 0.05) is 19.2 Å². The summed E-state index contributed by atoms with van der Waals surface area (Å²) < 4.78 is 0. The van der Waals surface area contributed by atoms with E-state index in [-0.39, 0.29) is 5.84 Å². The molecule has 1 heterocycles. The second kappa shape index (κ2) is 5.67. The van der Waals surface area contributed by atoms with E-state index < -0.39 is 0 Å². The standard InChI is InChI=1S/C13H14ClN5/c1-19(13-11(14)6-17-8-18-13)7-9-3-2-4-10(5-9)12(15)16/h2-6,8H,7H2,1H3,(H3,15,16). The minimum Gasteiger partial charge on any atom is -0.384 e. The van der Waals surface area contributed by atoms with Crippen LogP contribution >= 0.6 is 11.6 Å². The summed E-state index contributed by atoms with van der Waals surface area (Å²) in [6, 6.07) is 7.54. The SMILES string of the molecule is CN(Cc1cccc(C(=N)N)c1)c1ncncc1Cl. The minimum absolute atomic E-state index is 0.0598. The lowest BCUT2D eigenvalue weighted by Crippen LogP contribution is -2.19. The van der Waals surface area contributed by atoms with Gasteiger partial charge in [0.15, 0.2) is 5.82 Å². The Morgan fingerprint density at radius 3 is 2.95 bits per heavy atom. The van der Waals surface area contributed by atoms with Crippen LogP contribution in [0.25, 0.3) is 0 Å². The number of benzene rings is 1. The Kier molecular flexibility index (Phi) is 3.97. The second-order valence-corrected chi connectivity index (χ2v) is 4.57. The Bertz CT molecular complexity index is 599. The lowest BCUT2D eigenvalue weighted by molar-refractivity contribution is 0.891. The number of halogens is 1. The molecule has 0 aliphatic rings. The Labute approximate surface area is 116 Å². The van der Waals surface area contributed by atoms with Crippen molar-refractivity contribution in [2.24, 2.45) is 5.73 Å². The second-order valence-electron chi connectivity index (χ2n) is 4.16. The number of hydrogen-bond acceptors (Lipinski definition) is 4. The summed E-state index contributed by atoms with van der Waals surface area (Å²) in [5, 5.41) is 7.94. The van der Waals surface area contributed by atoms with Crippen molar-refractivity contribution in [1.82, 2.24) is 9.97 Å². The van der Waals surface area contributed by atoms with E-state index in [1.54, 1.807) is 6.20 Å². The molecule has 2 aromatic rings. The van der Waals surface area contributed by atoms with Gasteiger partial charge in [0.2, 0.25) is 0 Å². The molecule has 0 atom stereocenters. The molecular formula is C13H14ClN5. The first-order valence-corrected chi connectivity index (χ1v) is 6.05. The van der Waals surface area contributed by atoms with Crippen molar-refractivity contribution in [2.75, 3.05) is 11.9 Å². The molecule has 1 aromatic heterocycles. The first-order chi connectivity index (χ1) is 9.08. The lowest BCUT2D eigenvalue weighted by Gasteiger charge is -2.19. The van der Waals surface area contributed by atoms with Crippen molar-refractivity contribution in [1.29, 1.82) is 5.41 Å². The molecule has 1 aromatic carbocycles. The average molecular weight is 276 g/mol. The topological polar surface area (TPSA) is 78.9 Å². The molecule has 0 amide bonds. The summed E-state index contributed by atoms with van der Waals surface area (Å²) in [5.74, 6) is 0.731. The van der Waals surface area contributed by atoms with E-state index in [0.29, 0.717) is 22.9 Å². The van der Waals surface area contributed by atoms with E-state index >= 15 is 0 Å². The Hall–Kier alpha value is -2.14. The number of amidine groups is 1. The minimum atomic E-state index is 0.0598. The lowest BCUT2D eigenvalue weighted by atomic mass is 10.1. The summed E-state index contributed by atoms with van der Waals surface area (Å²) in [6.07, 6.45) is 3.02. The first-order valence-electron chi connectivity index (χ1n) is 5.68. The highest BCUT2D eigenvalue weighted by atomic mass is 35.5. The van der Waals surface area contributed by atoms with Crippen LogP contribution in [0.2, 0.25) is 5.02 Å². The molecule has 0 saturated carbocycles. The highest BCUT2D eigenvalue weighted by Crippen LogP contribution is 2.21. The average Bonchev–Trinajstić information content (AvgIpc) is 2.39. The van der Waals surface area contributed by atoms with Crippen LogP contribution in [-0.4, -0.2) is 22.9 Å². The number of aromatic nitrogens is 2. The third kappa shape index (κ3) is 3.20. The van der Waals surface area contributed by atoms with Crippen LogP contribution in [-0.2, 0) is 6.54 Å². The molecule has 0 radical (unpaired) electrons. The molecule has 98 valence electrons. The van der Waals surface area contributed by atoms with Crippen LogP contribution in [0.1, 0.15) is 11.1 Å². The van der Waals surface area contributed by atoms with Gasteiger partial charge in [-0.1, -0.05) is 29.8 Å². The molecule has 2 rings (SSSR count). The van der Waals surface area contributed by atoms with Gasteiger partial charge >= 0.3 is 0 Å². The van der Waals surface area contributed by atoms with Crippen LogP contribution in [0.15, 0.2) is 36.8 Å². The number of rotatable bonds is 4. The van der Waals surface area contributed by atoms with Gasteiger partial charge in [-0.2, -0.15) is 0 Å². The maximum Gasteiger partial charge on any atom is 0.150 e. The molecule has 6 heteroatoms. The molecular weight excluding hydrogens is 262 g/mol. The number of nitrogens with zero attached hydrogens (tertiary/aromatic N) is 3. The van der Waals surface area contributed by atoms with Gasteiger partial charge in [0.05, 0.1) is 6.20 Å². The van der Waals surface area contributed by atoms with Gasteiger partial charge < -0.3 is 10.6 Å². The van der Waals surface area contributed by atoms with E-state index in [1.165, 1.54) is 6.33 Å². The van der Waals surface area contributed by atoms with Crippen molar-refractivity contribution < 1.29 is 0 Å². The molecule has 19 heavy (non-hydrogen) atoms. The molecule has 3 N–H and O–H groups in total. The zero-order chi connectivity index (χ0) is 13.8. The zero-order valence-corrected chi connectivity index (χ0v) is 11.2. The van der Waals surface area contributed by atoms with Crippen LogP contribution in [0.3, 0.4) is 0 Å². The predicted molar refractivity (Wildman–Crippen MR) is 76.6 cm³/mol. The molecule has 0 aliphatic heterocycles. The van der Waals surface area contributed by atoms with Crippen LogP contribution < -0.4 is 10.6 Å². The van der Waals surface area contributed by atoms with E-state index in [9.17, 15) is 0 Å². The normalized spacial score (nSPS) is 10.2. The summed E-state index contributed by atoms with van der Waals surface area (Å²) >= 11 is 6.05. The smallest absolute Gasteiger partial charge is 0.150 e. The molecule has 5 nitrogen and oxygen atoms in total. The number of anilines is 1. The third-order valence-corrected chi connectivity index (χ3v) is 2.93. The fourth-order valence-corrected chi connectivity index (χ4v) is 2.02. The molecule has 0 unspecified atom stereocenters. The van der Waals surface area contributed by atoms with E-state index in [1.807, 2.05) is 36.2 Å². The Morgan fingerprint density at radius 2 is 2.26 bits per heavy atom. The molecule has 0 bridgehead atoms. The van der Waals surface area contributed by atoms with Crippen molar-refractivity contribution in [3.63, 3.8) is 0 Å². The van der Waals surface area contributed by atoms with Crippen LogP contribution in [0.5, 0.6) is 0 Å². The summed E-state index contributed by atoms with van der Waals surface area (Å²) in [5.41, 5.74) is 7.22. The number of nitrogens with two attached hydrogens (primary N) is 1. The zero-order valence-electron chi connectivity index (χ0n) is 10.5. The fourth-order valence-electron chi connectivity index (χ4n) is 1.77. The molecule has 0 fully saturated rings.